The fourth-order valence-electron chi connectivity index (χ4n) is 3.89. The van der Waals surface area contributed by atoms with Gasteiger partial charge in [0.15, 0.2) is 0 Å². The Kier molecular flexibility index (Phi) is 5.94. The standard InChI is InChI=1S/C22H25N3O6/c1-3-30-21-12-16-10-14(2)31-20(16)13-17(21)23-22(26)15-4-5-18(19(11-15)25(27)28)24-6-8-29-9-7-24/h4-5,11-14H,3,6-10H2,1-2H3,(H,23,26). The van der Waals surface area contributed by atoms with Crippen molar-refractivity contribution in [1.82, 2.24) is 0 Å². The number of nitro benzene ring substituents is 1. The van der Waals surface area contributed by atoms with E-state index in [-0.39, 0.29) is 17.4 Å². The fourth-order valence-corrected chi connectivity index (χ4v) is 3.89. The molecule has 0 bridgehead atoms. The molecule has 0 spiro atoms. The Labute approximate surface area is 180 Å². The predicted octanol–water partition coefficient (Wildman–Crippen LogP) is 3.41. The van der Waals surface area contributed by atoms with Gasteiger partial charge in [-0.05, 0) is 32.0 Å². The summed E-state index contributed by atoms with van der Waals surface area (Å²) in [5, 5.41) is 14.5. The first-order valence-corrected chi connectivity index (χ1v) is 10.3. The number of nitrogens with one attached hydrogen (secondary N) is 1. The highest BCUT2D eigenvalue weighted by Crippen LogP contribution is 2.38. The van der Waals surface area contributed by atoms with Crippen molar-refractivity contribution in [1.29, 1.82) is 0 Å². The van der Waals surface area contributed by atoms with Crippen molar-refractivity contribution in [2.24, 2.45) is 0 Å². The van der Waals surface area contributed by atoms with E-state index in [2.05, 4.69) is 5.32 Å². The molecule has 1 amide bonds. The molecular formula is C22H25N3O6. The van der Waals surface area contributed by atoms with Crippen LogP contribution >= 0.6 is 0 Å². The first-order valence-electron chi connectivity index (χ1n) is 10.3. The lowest BCUT2D eigenvalue weighted by Crippen LogP contribution is -2.36. The molecule has 9 nitrogen and oxygen atoms in total. The van der Waals surface area contributed by atoms with Crippen molar-refractivity contribution in [2.75, 3.05) is 43.1 Å². The molecule has 2 aromatic carbocycles. The van der Waals surface area contributed by atoms with Gasteiger partial charge in [0.2, 0.25) is 0 Å². The summed E-state index contributed by atoms with van der Waals surface area (Å²) in [6, 6.07) is 8.15. The van der Waals surface area contributed by atoms with Crippen LogP contribution in [0.15, 0.2) is 30.3 Å². The normalized spacial score (nSPS) is 17.6. The summed E-state index contributed by atoms with van der Waals surface area (Å²) in [4.78, 5) is 26.0. The van der Waals surface area contributed by atoms with E-state index in [0.717, 1.165) is 12.0 Å². The number of carbonyl (C=O) groups excluding carboxylic acids is 1. The predicted molar refractivity (Wildman–Crippen MR) is 115 cm³/mol. The highest BCUT2D eigenvalue weighted by atomic mass is 16.6. The van der Waals surface area contributed by atoms with E-state index in [4.69, 9.17) is 14.2 Å². The minimum Gasteiger partial charge on any atom is -0.492 e. The second-order valence-corrected chi connectivity index (χ2v) is 7.54. The van der Waals surface area contributed by atoms with Crippen LogP contribution < -0.4 is 19.7 Å². The molecule has 9 heteroatoms. The number of anilines is 2. The molecule has 0 saturated carbocycles. The number of benzene rings is 2. The van der Waals surface area contributed by atoms with Crippen LogP contribution in [0.3, 0.4) is 0 Å². The van der Waals surface area contributed by atoms with Crippen LogP contribution in [0.1, 0.15) is 29.8 Å². The van der Waals surface area contributed by atoms with Gasteiger partial charge in [0.1, 0.15) is 23.3 Å². The van der Waals surface area contributed by atoms with E-state index in [0.29, 0.717) is 55.8 Å². The maximum Gasteiger partial charge on any atom is 0.293 e. The number of nitro groups is 1. The van der Waals surface area contributed by atoms with Crippen LogP contribution in [0.4, 0.5) is 17.1 Å². The summed E-state index contributed by atoms with van der Waals surface area (Å²) in [5.41, 5.74) is 2.07. The van der Waals surface area contributed by atoms with Crippen LogP contribution in [0.5, 0.6) is 11.5 Å². The van der Waals surface area contributed by atoms with Crippen molar-refractivity contribution >= 4 is 23.0 Å². The molecule has 2 heterocycles. The van der Waals surface area contributed by atoms with Crippen LogP contribution in [0.25, 0.3) is 0 Å². The third-order valence-electron chi connectivity index (χ3n) is 5.33. The fraction of sp³-hybridized carbons (Fsp3) is 0.409. The molecule has 1 fully saturated rings. The third kappa shape index (κ3) is 4.41. The zero-order chi connectivity index (χ0) is 22.0. The molecular weight excluding hydrogens is 402 g/mol. The van der Waals surface area contributed by atoms with Crippen molar-refractivity contribution in [3.8, 4) is 11.5 Å². The number of ether oxygens (including phenoxy) is 3. The number of hydrogen-bond donors (Lipinski definition) is 1. The van der Waals surface area contributed by atoms with Crippen LogP contribution in [-0.2, 0) is 11.2 Å². The van der Waals surface area contributed by atoms with E-state index in [1.807, 2.05) is 24.8 Å². The molecule has 1 saturated heterocycles. The highest BCUT2D eigenvalue weighted by molar-refractivity contribution is 6.06. The van der Waals surface area contributed by atoms with Gasteiger partial charge in [-0.25, -0.2) is 0 Å². The maximum atomic E-state index is 12.9. The molecule has 4 rings (SSSR count). The Balaban J connectivity index is 1.61. The van der Waals surface area contributed by atoms with E-state index in [1.54, 1.807) is 18.2 Å². The smallest absolute Gasteiger partial charge is 0.293 e. The van der Waals surface area contributed by atoms with E-state index in [9.17, 15) is 14.9 Å². The molecule has 1 N–H and O–H groups in total. The van der Waals surface area contributed by atoms with Gasteiger partial charge >= 0.3 is 0 Å². The lowest BCUT2D eigenvalue weighted by atomic mass is 10.1. The number of hydrogen-bond acceptors (Lipinski definition) is 7. The second-order valence-electron chi connectivity index (χ2n) is 7.54. The number of amides is 1. The summed E-state index contributed by atoms with van der Waals surface area (Å²) in [6.45, 7) is 6.45. The largest absolute Gasteiger partial charge is 0.492 e. The minimum absolute atomic E-state index is 0.0609. The van der Waals surface area contributed by atoms with Gasteiger partial charge < -0.3 is 24.4 Å². The molecule has 164 valence electrons. The molecule has 1 unspecified atom stereocenters. The van der Waals surface area contributed by atoms with Gasteiger partial charge in [-0.15, -0.1) is 0 Å². The lowest BCUT2D eigenvalue weighted by Gasteiger charge is -2.28. The minimum atomic E-state index is -0.460. The van der Waals surface area contributed by atoms with E-state index < -0.39 is 10.8 Å². The number of fused-ring (bicyclic) bond motifs is 1. The lowest BCUT2D eigenvalue weighted by molar-refractivity contribution is -0.384. The number of rotatable bonds is 6. The van der Waals surface area contributed by atoms with Crippen LogP contribution in [0.2, 0.25) is 0 Å². The Morgan fingerprint density at radius 3 is 2.77 bits per heavy atom. The van der Waals surface area contributed by atoms with Gasteiger partial charge in [-0.1, -0.05) is 0 Å². The molecule has 0 radical (unpaired) electrons. The Bertz CT molecular complexity index is 1000. The quantitative estimate of drug-likeness (QED) is 0.557. The first-order chi connectivity index (χ1) is 15.0. The van der Waals surface area contributed by atoms with Crippen molar-refractivity contribution < 1.29 is 23.9 Å². The number of morpholine rings is 1. The van der Waals surface area contributed by atoms with Gasteiger partial charge in [-0.2, -0.15) is 0 Å². The average molecular weight is 427 g/mol. The molecule has 2 aromatic rings. The molecule has 0 aromatic heterocycles. The summed E-state index contributed by atoms with van der Waals surface area (Å²) < 4.78 is 16.8. The van der Waals surface area contributed by atoms with Crippen LogP contribution in [-0.4, -0.2) is 49.8 Å². The summed E-state index contributed by atoms with van der Waals surface area (Å²) in [5.74, 6) is 0.801. The Morgan fingerprint density at radius 2 is 2.06 bits per heavy atom. The van der Waals surface area contributed by atoms with Crippen molar-refractivity contribution in [2.45, 2.75) is 26.4 Å². The zero-order valence-electron chi connectivity index (χ0n) is 17.6. The van der Waals surface area contributed by atoms with Gasteiger partial charge in [-0.3, -0.25) is 14.9 Å². The van der Waals surface area contributed by atoms with Crippen molar-refractivity contribution in [3.05, 3.63) is 51.6 Å². The molecule has 31 heavy (non-hydrogen) atoms. The summed E-state index contributed by atoms with van der Waals surface area (Å²) in [7, 11) is 0. The monoisotopic (exact) mass is 427 g/mol. The third-order valence-corrected chi connectivity index (χ3v) is 5.33. The molecule has 1 atom stereocenters. The Hall–Kier alpha value is -3.33. The number of carbonyl (C=O) groups is 1. The van der Waals surface area contributed by atoms with Crippen LogP contribution in [0, 0.1) is 10.1 Å². The Morgan fingerprint density at radius 1 is 1.29 bits per heavy atom. The maximum absolute atomic E-state index is 12.9. The van der Waals surface area contributed by atoms with Gasteiger partial charge in [0.05, 0.1) is 30.4 Å². The van der Waals surface area contributed by atoms with Gasteiger partial charge in [0.25, 0.3) is 11.6 Å². The van der Waals surface area contributed by atoms with E-state index >= 15 is 0 Å². The average Bonchev–Trinajstić information content (AvgIpc) is 3.13. The molecule has 2 aliphatic heterocycles. The summed E-state index contributed by atoms with van der Waals surface area (Å²) in [6.07, 6.45) is 0.838. The molecule has 2 aliphatic rings. The SMILES string of the molecule is CCOc1cc2c(cc1NC(=O)c1ccc(N3CCOCC3)c([N+](=O)[O-])c1)OC(C)C2. The number of nitrogens with zero attached hydrogens (tertiary/aromatic N) is 2. The van der Waals surface area contributed by atoms with E-state index in [1.165, 1.54) is 6.07 Å². The first kappa shape index (κ1) is 20.9. The highest BCUT2D eigenvalue weighted by Gasteiger charge is 2.25. The summed E-state index contributed by atoms with van der Waals surface area (Å²) >= 11 is 0. The second kappa shape index (κ2) is 8.81. The van der Waals surface area contributed by atoms with Crippen molar-refractivity contribution in [3.63, 3.8) is 0 Å². The zero-order valence-corrected chi connectivity index (χ0v) is 17.6. The molecule has 0 aliphatic carbocycles. The topological polar surface area (TPSA) is 103 Å². The van der Waals surface area contributed by atoms with Gasteiger partial charge in [0, 0.05) is 42.8 Å².